The Balaban J connectivity index is 2.34. The number of rotatable bonds is 9. The fourth-order valence-electron chi connectivity index (χ4n) is 2.43. The van der Waals surface area contributed by atoms with Crippen LogP contribution in [0.1, 0.15) is 19.8 Å². The lowest BCUT2D eigenvalue weighted by Crippen LogP contribution is -2.51. The summed E-state index contributed by atoms with van der Waals surface area (Å²) in [6.07, 6.45) is 0.736. The van der Waals surface area contributed by atoms with Crippen molar-refractivity contribution in [2.75, 3.05) is 39.3 Å². The average Bonchev–Trinajstić information content (AvgIpc) is 2.45. The zero-order chi connectivity index (χ0) is 15.8. The summed E-state index contributed by atoms with van der Waals surface area (Å²) in [5.74, 6) is -2.15. The van der Waals surface area contributed by atoms with Crippen LogP contribution < -0.4 is 0 Å². The monoisotopic (exact) mass is 303 g/mol. The van der Waals surface area contributed by atoms with Crippen molar-refractivity contribution < 1.29 is 24.6 Å². The molecule has 1 heterocycles. The molecule has 9 nitrogen and oxygen atoms in total. The van der Waals surface area contributed by atoms with Crippen molar-refractivity contribution in [1.82, 2.24) is 9.80 Å². The Labute approximate surface area is 122 Å². The first-order valence-corrected chi connectivity index (χ1v) is 6.93. The molecular formula is C12H21N3O6. The predicted molar refractivity (Wildman–Crippen MR) is 72.3 cm³/mol. The maximum atomic E-state index is 11.3. The van der Waals surface area contributed by atoms with Crippen molar-refractivity contribution in [3.8, 4) is 0 Å². The molecule has 0 bridgehead atoms. The minimum absolute atomic E-state index is 0.0241. The van der Waals surface area contributed by atoms with E-state index < -0.39 is 16.8 Å². The van der Waals surface area contributed by atoms with E-state index in [1.54, 1.807) is 0 Å². The second kappa shape index (κ2) is 8.53. The topological polar surface area (TPSA) is 113 Å². The zero-order valence-electron chi connectivity index (χ0n) is 12.1. The lowest BCUT2D eigenvalue weighted by molar-refractivity contribution is -0.757. The molecule has 0 saturated carbocycles. The number of carboxylic acids is 1. The van der Waals surface area contributed by atoms with E-state index in [0.29, 0.717) is 26.1 Å². The molecule has 1 aliphatic rings. The molecule has 0 amide bonds. The molecule has 1 aliphatic heterocycles. The summed E-state index contributed by atoms with van der Waals surface area (Å²) in [5, 5.41) is 17.9. The molecule has 1 saturated heterocycles. The van der Waals surface area contributed by atoms with Gasteiger partial charge in [0, 0.05) is 45.2 Å². The number of carbonyl (C=O) groups excluding carboxylic acids is 1. The van der Waals surface area contributed by atoms with E-state index in [9.17, 15) is 19.7 Å². The van der Waals surface area contributed by atoms with Gasteiger partial charge >= 0.3 is 5.97 Å². The lowest BCUT2D eigenvalue weighted by atomic mass is 10.1. The molecule has 1 atom stereocenters. The molecule has 0 aromatic carbocycles. The van der Waals surface area contributed by atoms with Crippen molar-refractivity contribution in [1.29, 1.82) is 0 Å². The standard InChI is InChI=1S/C12H21N3O6/c1-2-10(9-11(16)12(17)18)14-5-3-13(4-6-14)7-8-21-15(19)20/h10H,2-9H2,1H3,(H,17,18). The number of piperazine rings is 1. The Morgan fingerprint density at radius 1 is 1.33 bits per heavy atom. The zero-order valence-corrected chi connectivity index (χ0v) is 12.1. The predicted octanol–water partition coefficient (Wildman–Crippen LogP) is -0.365. The maximum Gasteiger partial charge on any atom is 0.372 e. The Kier molecular flexibility index (Phi) is 7.03. The first-order valence-electron chi connectivity index (χ1n) is 6.93. The fourth-order valence-corrected chi connectivity index (χ4v) is 2.43. The highest BCUT2D eigenvalue weighted by molar-refractivity contribution is 6.32. The Morgan fingerprint density at radius 2 is 1.95 bits per heavy atom. The van der Waals surface area contributed by atoms with Crippen LogP contribution in [0.4, 0.5) is 0 Å². The number of Topliss-reactive ketones (excluding diaryl/α,β-unsaturated/α-hetero) is 1. The first-order chi connectivity index (χ1) is 9.93. The summed E-state index contributed by atoms with van der Waals surface area (Å²) >= 11 is 0. The van der Waals surface area contributed by atoms with E-state index in [2.05, 4.69) is 9.74 Å². The molecule has 1 unspecified atom stereocenters. The molecule has 0 spiro atoms. The molecule has 1 rings (SSSR count). The van der Waals surface area contributed by atoms with E-state index >= 15 is 0 Å². The van der Waals surface area contributed by atoms with Crippen LogP contribution >= 0.6 is 0 Å². The van der Waals surface area contributed by atoms with Gasteiger partial charge in [0.1, 0.15) is 6.61 Å². The first kappa shape index (κ1) is 17.3. The molecule has 0 aliphatic carbocycles. The number of carbonyl (C=O) groups is 2. The summed E-state index contributed by atoms with van der Waals surface area (Å²) < 4.78 is 0. The van der Waals surface area contributed by atoms with Crippen LogP contribution in [0.15, 0.2) is 0 Å². The quantitative estimate of drug-likeness (QED) is 0.349. The smallest absolute Gasteiger partial charge is 0.372 e. The van der Waals surface area contributed by atoms with Gasteiger partial charge in [-0.2, -0.15) is 0 Å². The third kappa shape index (κ3) is 6.05. The molecule has 1 N–H and O–H groups in total. The van der Waals surface area contributed by atoms with Crippen LogP contribution in [0.3, 0.4) is 0 Å². The summed E-state index contributed by atoms with van der Waals surface area (Å²) in [6, 6.07) is -0.0641. The molecule has 1 fully saturated rings. The van der Waals surface area contributed by atoms with Crippen LogP contribution in [0.5, 0.6) is 0 Å². The summed E-state index contributed by atoms with van der Waals surface area (Å²) in [7, 11) is 0. The SMILES string of the molecule is CCC(CC(=O)C(=O)O)N1CCN(CCO[N+](=O)[O-])CC1. The third-order valence-corrected chi connectivity index (χ3v) is 3.66. The van der Waals surface area contributed by atoms with Gasteiger partial charge in [0.15, 0.2) is 0 Å². The van der Waals surface area contributed by atoms with Crippen molar-refractivity contribution in [3.63, 3.8) is 0 Å². The molecule has 9 heteroatoms. The van der Waals surface area contributed by atoms with E-state index in [4.69, 9.17) is 5.11 Å². The minimum Gasteiger partial charge on any atom is -0.476 e. The number of hydrogen-bond donors (Lipinski definition) is 1. The second-order valence-electron chi connectivity index (χ2n) is 4.93. The highest BCUT2D eigenvalue weighted by Gasteiger charge is 2.26. The Hall–Kier alpha value is -1.74. The molecule has 21 heavy (non-hydrogen) atoms. The van der Waals surface area contributed by atoms with E-state index in [1.165, 1.54) is 0 Å². The van der Waals surface area contributed by atoms with Gasteiger partial charge in [-0.05, 0) is 6.42 Å². The van der Waals surface area contributed by atoms with Crippen molar-refractivity contribution in [2.45, 2.75) is 25.8 Å². The van der Waals surface area contributed by atoms with E-state index in [1.807, 2.05) is 11.8 Å². The highest BCUT2D eigenvalue weighted by atomic mass is 16.9. The van der Waals surface area contributed by atoms with Gasteiger partial charge in [-0.1, -0.05) is 6.92 Å². The van der Waals surface area contributed by atoms with Gasteiger partial charge in [-0.3, -0.25) is 14.6 Å². The minimum atomic E-state index is -1.39. The third-order valence-electron chi connectivity index (χ3n) is 3.66. The normalized spacial score (nSPS) is 18.1. The van der Waals surface area contributed by atoms with Gasteiger partial charge in [0.2, 0.25) is 5.78 Å². The summed E-state index contributed by atoms with van der Waals surface area (Å²) in [6.45, 7) is 5.32. The molecule has 0 aromatic heterocycles. The average molecular weight is 303 g/mol. The highest BCUT2D eigenvalue weighted by Crippen LogP contribution is 2.13. The number of carboxylic acid groups (broad SMARTS) is 1. The fraction of sp³-hybridized carbons (Fsp3) is 0.833. The van der Waals surface area contributed by atoms with Crippen LogP contribution in [0.2, 0.25) is 0 Å². The van der Waals surface area contributed by atoms with Crippen molar-refractivity contribution in [2.24, 2.45) is 0 Å². The Morgan fingerprint density at radius 3 is 2.43 bits per heavy atom. The van der Waals surface area contributed by atoms with Crippen molar-refractivity contribution in [3.05, 3.63) is 10.1 Å². The lowest BCUT2D eigenvalue weighted by Gasteiger charge is -2.38. The van der Waals surface area contributed by atoms with Crippen LogP contribution in [0.25, 0.3) is 0 Å². The van der Waals surface area contributed by atoms with Gasteiger partial charge in [0.05, 0.1) is 0 Å². The van der Waals surface area contributed by atoms with Gasteiger partial charge in [-0.25, -0.2) is 4.79 Å². The Bertz CT molecular complexity index is 381. The maximum absolute atomic E-state index is 11.3. The second-order valence-corrected chi connectivity index (χ2v) is 4.93. The van der Waals surface area contributed by atoms with Crippen LogP contribution in [-0.4, -0.2) is 77.1 Å². The summed E-state index contributed by atoms with van der Waals surface area (Å²) in [4.78, 5) is 40.4. The van der Waals surface area contributed by atoms with E-state index in [-0.39, 0.29) is 19.1 Å². The van der Waals surface area contributed by atoms with Gasteiger partial charge < -0.3 is 9.94 Å². The van der Waals surface area contributed by atoms with Crippen LogP contribution in [0, 0.1) is 10.1 Å². The largest absolute Gasteiger partial charge is 0.476 e. The number of ketones is 1. The molecule has 0 radical (unpaired) electrons. The van der Waals surface area contributed by atoms with Gasteiger partial charge in [-0.15, -0.1) is 10.1 Å². The number of aliphatic carboxylic acids is 1. The van der Waals surface area contributed by atoms with Gasteiger partial charge in [0.25, 0.3) is 5.09 Å². The summed E-state index contributed by atoms with van der Waals surface area (Å²) in [5.41, 5.74) is 0. The van der Waals surface area contributed by atoms with Crippen molar-refractivity contribution >= 4 is 11.8 Å². The number of nitrogens with zero attached hydrogens (tertiary/aromatic N) is 3. The molecular weight excluding hydrogens is 282 g/mol. The van der Waals surface area contributed by atoms with Crippen LogP contribution in [-0.2, 0) is 14.4 Å². The number of hydrogen-bond acceptors (Lipinski definition) is 7. The molecule has 120 valence electrons. The molecule has 0 aromatic rings. The van der Waals surface area contributed by atoms with E-state index in [0.717, 1.165) is 13.1 Å².